The lowest BCUT2D eigenvalue weighted by Crippen LogP contribution is -1.75. The second-order valence-corrected chi connectivity index (χ2v) is 3.07. The zero-order chi connectivity index (χ0) is 5.11. The molecular formula is C6H11Br. The maximum atomic E-state index is 3.41. The average molecular weight is 163 g/mol. The van der Waals surface area contributed by atoms with E-state index in [1.54, 1.807) is 0 Å². The number of alkyl halides is 1. The van der Waals surface area contributed by atoms with Crippen molar-refractivity contribution >= 4 is 15.9 Å². The second-order valence-electron chi connectivity index (χ2n) is 2.27. The molecule has 1 heteroatoms. The Bertz CT molecular complexity index is 48.1. The van der Waals surface area contributed by atoms with Gasteiger partial charge in [-0.15, -0.1) is 0 Å². The molecule has 42 valence electrons. The minimum atomic E-state index is 1.12. The molecule has 0 amide bonds. The Morgan fingerprint density at radius 1 is 1.43 bits per heavy atom. The van der Waals surface area contributed by atoms with Crippen LogP contribution >= 0.6 is 15.9 Å². The van der Waals surface area contributed by atoms with Gasteiger partial charge in [-0.3, -0.25) is 0 Å². The Morgan fingerprint density at radius 3 is 2.57 bits per heavy atom. The summed E-state index contributed by atoms with van der Waals surface area (Å²) in [5.41, 5.74) is 0. The molecule has 1 rings (SSSR count). The second kappa shape index (κ2) is 2.71. The fourth-order valence-corrected chi connectivity index (χ4v) is 1.10. The predicted molar refractivity (Wildman–Crippen MR) is 35.8 cm³/mol. The van der Waals surface area contributed by atoms with Gasteiger partial charge in [0, 0.05) is 5.33 Å². The zero-order valence-electron chi connectivity index (χ0n) is 4.49. The summed E-state index contributed by atoms with van der Waals surface area (Å²) in [6, 6.07) is 0. The van der Waals surface area contributed by atoms with Crippen molar-refractivity contribution in [1.29, 1.82) is 0 Å². The molecule has 1 saturated carbocycles. The molecule has 0 radical (unpaired) electrons. The molecule has 0 unspecified atom stereocenters. The molecule has 0 heterocycles. The quantitative estimate of drug-likeness (QED) is 0.561. The molecule has 1 fully saturated rings. The Balaban J connectivity index is 1.80. The van der Waals surface area contributed by atoms with Crippen LogP contribution in [0.3, 0.4) is 0 Å². The molecule has 0 atom stereocenters. The first kappa shape index (κ1) is 5.61. The summed E-state index contributed by atoms with van der Waals surface area (Å²) in [6.07, 6.45) is 5.86. The normalized spacial score (nSPS) is 20.1. The Kier molecular flexibility index (Phi) is 2.17. The van der Waals surface area contributed by atoms with Crippen LogP contribution in [0.1, 0.15) is 25.7 Å². The van der Waals surface area contributed by atoms with Gasteiger partial charge in [0.15, 0.2) is 0 Å². The van der Waals surface area contributed by atoms with Gasteiger partial charge < -0.3 is 0 Å². The van der Waals surface area contributed by atoms with Crippen molar-refractivity contribution in [3.8, 4) is 0 Å². The first-order valence-corrected chi connectivity index (χ1v) is 4.11. The van der Waals surface area contributed by atoms with Crippen LogP contribution < -0.4 is 0 Å². The van der Waals surface area contributed by atoms with Crippen molar-refractivity contribution in [3.05, 3.63) is 0 Å². The third-order valence-electron chi connectivity index (χ3n) is 1.44. The molecule has 7 heavy (non-hydrogen) atoms. The molecule has 0 aromatic carbocycles. The number of hydrogen-bond donors (Lipinski definition) is 0. The van der Waals surface area contributed by atoms with Gasteiger partial charge in [0.2, 0.25) is 0 Å². The van der Waals surface area contributed by atoms with Crippen LogP contribution in [0.2, 0.25) is 0 Å². The minimum Gasteiger partial charge on any atom is -0.0928 e. The van der Waals surface area contributed by atoms with Crippen LogP contribution in [0.4, 0.5) is 0 Å². The first-order valence-electron chi connectivity index (χ1n) is 2.99. The number of hydrogen-bond acceptors (Lipinski definition) is 0. The molecule has 0 saturated heterocycles. The lowest BCUT2D eigenvalue weighted by molar-refractivity contribution is 0.715. The maximum Gasteiger partial charge on any atom is 0.00314 e. The van der Waals surface area contributed by atoms with Crippen molar-refractivity contribution in [2.75, 3.05) is 5.33 Å². The van der Waals surface area contributed by atoms with E-state index in [1.165, 1.54) is 31.0 Å². The van der Waals surface area contributed by atoms with Crippen molar-refractivity contribution in [1.82, 2.24) is 0 Å². The molecule has 0 N–H and O–H groups in total. The van der Waals surface area contributed by atoms with Gasteiger partial charge in [-0.2, -0.15) is 0 Å². The van der Waals surface area contributed by atoms with Gasteiger partial charge in [-0.25, -0.2) is 0 Å². The summed E-state index contributed by atoms with van der Waals surface area (Å²) >= 11 is 3.41. The SMILES string of the molecule is BrCCCC1CC1. The maximum absolute atomic E-state index is 3.41. The highest BCUT2D eigenvalue weighted by Gasteiger charge is 2.19. The average Bonchev–Trinajstić information content (AvgIpc) is 2.42. The highest BCUT2D eigenvalue weighted by Crippen LogP contribution is 2.33. The van der Waals surface area contributed by atoms with Crippen LogP contribution in [0.25, 0.3) is 0 Å². The molecule has 0 aliphatic heterocycles. The van der Waals surface area contributed by atoms with E-state index < -0.39 is 0 Å². The first-order chi connectivity index (χ1) is 3.43. The van der Waals surface area contributed by atoms with Crippen molar-refractivity contribution in [3.63, 3.8) is 0 Å². The Hall–Kier alpha value is 0.480. The van der Waals surface area contributed by atoms with Crippen molar-refractivity contribution < 1.29 is 0 Å². The van der Waals surface area contributed by atoms with E-state index in [0.29, 0.717) is 0 Å². The molecule has 0 aromatic rings. The monoisotopic (exact) mass is 162 g/mol. The lowest BCUT2D eigenvalue weighted by atomic mass is 10.2. The van der Waals surface area contributed by atoms with Crippen molar-refractivity contribution in [2.24, 2.45) is 5.92 Å². The number of rotatable bonds is 3. The highest BCUT2D eigenvalue weighted by atomic mass is 79.9. The fourth-order valence-electron chi connectivity index (χ4n) is 0.772. The van der Waals surface area contributed by atoms with Gasteiger partial charge in [-0.05, 0) is 18.8 Å². The standard InChI is InChI=1S/C6H11Br/c7-5-1-2-6-3-4-6/h6H,1-5H2. The fraction of sp³-hybridized carbons (Fsp3) is 1.00. The Morgan fingerprint density at radius 2 is 2.14 bits per heavy atom. The summed E-state index contributed by atoms with van der Waals surface area (Å²) in [7, 11) is 0. The summed E-state index contributed by atoms with van der Waals surface area (Å²) in [6.45, 7) is 0. The van der Waals surface area contributed by atoms with Gasteiger partial charge in [0.1, 0.15) is 0 Å². The highest BCUT2D eigenvalue weighted by molar-refractivity contribution is 9.09. The van der Waals surface area contributed by atoms with Gasteiger partial charge in [-0.1, -0.05) is 28.8 Å². The van der Waals surface area contributed by atoms with E-state index in [4.69, 9.17) is 0 Å². The van der Waals surface area contributed by atoms with E-state index in [-0.39, 0.29) is 0 Å². The summed E-state index contributed by atoms with van der Waals surface area (Å²) < 4.78 is 0. The minimum absolute atomic E-state index is 1.12. The molecule has 0 nitrogen and oxygen atoms in total. The van der Waals surface area contributed by atoms with Crippen molar-refractivity contribution in [2.45, 2.75) is 25.7 Å². The van der Waals surface area contributed by atoms with Crippen LogP contribution in [-0.2, 0) is 0 Å². The summed E-state index contributed by atoms with van der Waals surface area (Å²) in [5, 5.41) is 1.20. The third kappa shape index (κ3) is 2.32. The third-order valence-corrected chi connectivity index (χ3v) is 2.00. The van der Waals surface area contributed by atoms with Crippen LogP contribution in [0.5, 0.6) is 0 Å². The smallest absolute Gasteiger partial charge is 0.00314 e. The van der Waals surface area contributed by atoms with E-state index in [1.807, 2.05) is 0 Å². The van der Waals surface area contributed by atoms with Crippen LogP contribution in [-0.4, -0.2) is 5.33 Å². The van der Waals surface area contributed by atoms with Crippen LogP contribution in [0.15, 0.2) is 0 Å². The molecule has 0 spiro atoms. The zero-order valence-corrected chi connectivity index (χ0v) is 6.08. The van der Waals surface area contributed by atoms with E-state index in [9.17, 15) is 0 Å². The molecule has 0 aromatic heterocycles. The molecule has 1 aliphatic rings. The van der Waals surface area contributed by atoms with Crippen LogP contribution in [0, 0.1) is 5.92 Å². The molecule has 0 bridgehead atoms. The summed E-state index contributed by atoms with van der Waals surface area (Å²) in [5.74, 6) is 1.12. The van der Waals surface area contributed by atoms with Gasteiger partial charge >= 0.3 is 0 Å². The van der Waals surface area contributed by atoms with Gasteiger partial charge in [0.25, 0.3) is 0 Å². The number of halogens is 1. The lowest BCUT2D eigenvalue weighted by Gasteiger charge is -1.87. The molecule has 1 aliphatic carbocycles. The van der Waals surface area contributed by atoms with E-state index >= 15 is 0 Å². The Labute approximate surface area is 53.4 Å². The topological polar surface area (TPSA) is 0 Å². The van der Waals surface area contributed by atoms with Gasteiger partial charge in [0.05, 0.1) is 0 Å². The predicted octanol–water partition coefficient (Wildman–Crippen LogP) is 2.57. The summed E-state index contributed by atoms with van der Waals surface area (Å²) in [4.78, 5) is 0. The molecular weight excluding hydrogens is 152 g/mol. The van der Waals surface area contributed by atoms with E-state index in [0.717, 1.165) is 5.92 Å². The van der Waals surface area contributed by atoms with E-state index in [2.05, 4.69) is 15.9 Å². The largest absolute Gasteiger partial charge is 0.0928 e.